The summed E-state index contributed by atoms with van der Waals surface area (Å²) in [5.41, 5.74) is 0. The third-order valence-corrected chi connectivity index (χ3v) is 0.903. The summed E-state index contributed by atoms with van der Waals surface area (Å²) in [6.07, 6.45) is 4.50. The van der Waals surface area contributed by atoms with Gasteiger partial charge >= 0.3 is 0 Å². The van der Waals surface area contributed by atoms with Crippen molar-refractivity contribution >= 4 is 17.8 Å². The number of nitrogens with zero attached hydrogens (tertiary/aromatic N) is 1. The minimum atomic E-state index is 0.718. The Hall–Kier alpha value is -0.300. The fourth-order valence-corrected chi connectivity index (χ4v) is 0.623. The number of allylic oxidation sites excluding steroid dienone is 2. The summed E-state index contributed by atoms with van der Waals surface area (Å²) in [5, 5.41) is 0.718. The van der Waals surface area contributed by atoms with Gasteiger partial charge in [-0.05, 0) is 6.42 Å². The summed E-state index contributed by atoms with van der Waals surface area (Å²) < 4.78 is 0. The van der Waals surface area contributed by atoms with Crippen molar-refractivity contribution in [3.05, 3.63) is 11.1 Å². The van der Waals surface area contributed by atoms with E-state index < -0.39 is 0 Å². The third-order valence-electron chi connectivity index (χ3n) is 0.652. The number of aliphatic imine (C=N–C) groups is 1. The third kappa shape index (κ3) is 3.88. The molecule has 0 aromatic rings. The molecule has 0 spiro atoms. The van der Waals surface area contributed by atoms with Crippen LogP contribution in [0.2, 0.25) is 0 Å². The van der Waals surface area contributed by atoms with Gasteiger partial charge in [0.15, 0.2) is 0 Å². The van der Waals surface area contributed by atoms with Gasteiger partial charge in [0.05, 0.1) is 5.03 Å². The maximum Gasteiger partial charge on any atom is 0.0544 e. The van der Waals surface area contributed by atoms with E-state index in [1.54, 1.807) is 13.3 Å². The van der Waals surface area contributed by atoms with E-state index in [0.29, 0.717) is 0 Å². The minimum Gasteiger partial charge on any atom is -0.295 e. The first-order valence-electron chi connectivity index (χ1n) is 2.59. The summed E-state index contributed by atoms with van der Waals surface area (Å²) in [5.74, 6) is 0. The molecule has 0 aliphatic rings. The molecule has 0 aromatic carbocycles. The lowest BCUT2D eigenvalue weighted by molar-refractivity contribution is 1.22. The Bertz CT molecular complexity index is 105. The fourth-order valence-electron chi connectivity index (χ4n) is 0.371. The Balaban J connectivity index is 3.61. The average Bonchev–Trinajstić information content (AvgIpc) is 1.68. The second kappa shape index (κ2) is 4.85. The first-order valence-corrected chi connectivity index (χ1v) is 2.97. The van der Waals surface area contributed by atoms with Crippen molar-refractivity contribution in [3.8, 4) is 0 Å². The molecule has 0 bridgehead atoms. The zero-order valence-electron chi connectivity index (χ0n) is 5.19. The Morgan fingerprint density at radius 3 is 2.75 bits per heavy atom. The van der Waals surface area contributed by atoms with E-state index in [1.807, 2.05) is 13.0 Å². The molecule has 46 valence electrons. The summed E-state index contributed by atoms with van der Waals surface area (Å²) in [4.78, 5) is 3.73. The summed E-state index contributed by atoms with van der Waals surface area (Å²) >= 11 is 5.59. The summed E-state index contributed by atoms with van der Waals surface area (Å²) in [6.45, 7) is 2.03. The van der Waals surface area contributed by atoms with Crippen LogP contribution in [-0.4, -0.2) is 13.3 Å². The van der Waals surface area contributed by atoms with Gasteiger partial charge in [0.2, 0.25) is 0 Å². The second-order valence-electron chi connectivity index (χ2n) is 1.38. The van der Waals surface area contributed by atoms with Crippen LogP contribution in [0.5, 0.6) is 0 Å². The van der Waals surface area contributed by atoms with E-state index in [-0.39, 0.29) is 0 Å². The maximum absolute atomic E-state index is 5.59. The molecule has 8 heavy (non-hydrogen) atoms. The van der Waals surface area contributed by atoms with Crippen LogP contribution in [0.25, 0.3) is 0 Å². The Labute approximate surface area is 55.1 Å². The van der Waals surface area contributed by atoms with Gasteiger partial charge in [-0.2, -0.15) is 0 Å². The number of halogens is 1. The molecule has 0 fully saturated rings. The molecule has 0 radical (unpaired) electrons. The van der Waals surface area contributed by atoms with Gasteiger partial charge in [-0.15, -0.1) is 0 Å². The van der Waals surface area contributed by atoms with Crippen LogP contribution >= 0.6 is 11.6 Å². The fraction of sp³-hybridized carbons (Fsp3) is 0.500. The summed E-state index contributed by atoms with van der Waals surface area (Å²) in [7, 11) is 1.70. The van der Waals surface area contributed by atoms with Crippen molar-refractivity contribution < 1.29 is 0 Å². The molecule has 0 unspecified atom stereocenters. The van der Waals surface area contributed by atoms with E-state index in [0.717, 1.165) is 11.5 Å². The van der Waals surface area contributed by atoms with E-state index in [9.17, 15) is 0 Å². The Morgan fingerprint density at radius 2 is 2.38 bits per heavy atom. The van der Waals surface area contributed by atoms with Gasteiger partial charge in [0.25, 0.3) is 0 Å². The minimum absolute atomic E-state index is 0.718. The van der Waals surface area contributed by atoms with Crippen LogP contribution in [0.4, 0.5) is 0 Å². The van der Waals surface area contributed by atoms with Crippen LogP contribution in [0.15, 0.2) is 16.1 Å². The molecule has 0 rings (SSSR count). The molecule has 0 N–H and O–H groups in total. The quantitative estimate of drug-likeness (QED) is 0.510. The maximum atomic E-state index is 5.59. The molecule has 0 aliphatic carbocycles. The molecule has 0 atom stereocenters. The van der Waals surface area contributed by atoms with Crippen LogP contribution in [0, 0.1) is 0 Å². The topological polar surface area (TPSA) is 12.4 Å². The first kappa shape index (κ1) is 7.70. The largest absolute Gasteiger partial charge is 0.295 e. The van der Waals surface area contributed by atoms with E-state index in [4.69, 9.17) is 11.6 Å². The van der Waals surface area contributed by atoms with E-state index in [1.165, 1.54) is 0 Å². The normalized spacial score (nSPS) is 13.1. The number of rotatable bonds is 2. The van der Waals surface area contributed by atoms with Crippen molar-refractivity contribution in [2.75, 3.05) is 7.05 Å². The van der Waals surface area contributed by atoms with Crippen molar-refractivity contribution in [2.45, 2.75) is 13.3 Å². The van der Waals surface area contributed by atoms with E-state index >= 15 is 0 Å². The molecule has 0 aromatic heterocycles. The molecule has 2 heteroatoms. The molecule has 0 aliphatic heterocycles. The zero-order chi connectivity index (χ0) is 6.41. The van der Waals surface area contributed by atoms with Gasteiger partial charge in [-0.3, -0.25) is 4.99 Å². The molecule has 0 heterocycles. The predicted octanol–water partition coefficient (Wildman–Crippen LogP) is 2.22. The Morgan fingerprint density at radius 1 is 1.75 bits per heavy atom. The number of hydrogen-bond donors (Lipinski definition) is 0. The lowest BCUT2D eigenvalue weighted by atomic mass is 10.4. The molecular weight excluding hydrogens is 122 g/mol. The molecule has 0 amide bonds. The highest BCUT2D eigenvalue weighted by atomic mass is 35.5. The second-order valence-corrected chi connectivity index (χ2v) is 1.82. The van der Waals surface area contributed by atoms with Gasteiger partial charge in [0, 0.05) is 13.3 Å². The number of hydrogen-bond acceptors (Lipinski definition) is 1. The van der Waals surface area contributed by atoms with E-state index in [2.05, 4.69) is 4.99 Å². The van der Waals surface area contributed by atoms with Crippen molar-refractivity contribution in [3.63, 3.8) is 0 Å². The highest BCUT2D eigenvalue weighted by Gasteiger charge is 1.78. The lowest BCUT2D eigenvalue weighted by Gasteiger charge is -1.81. The lowest BCUT2D eigenvalue weighted by Crippen LogP contribution is -1.70. The smallest absolute Gasteiger partial charge is 0.0544 e. The molecule has 1 nitrogen and oxygen atoms in total. The first-order chi connectivity index (χ1) is 3.81. The standard InChI is InChI=1S/C6H10ClN/c1-3-4-6(7)5-8-2/h4-5H,3H2,1-2H3/b6-4+,8-5?. The van der Waals surface area contributed by atoms with Crippen molar-refractivity contribution in [1.82, 2.24) is 0 Å². The van der Waals surface area contributed by atoms with Gasteiger partial charge in [-0.25, -0.2) is 0 Å². The van der Waals surface area contributed by atoms with Gasteiger partial charge < -0.3 is 0 Å². The van der Waals surface area contributed by atoms with Gasteiger partial charge in [-0.1, -0.05) is 24.6 Å². The predicted molar refractivity (Wildman–Crippen MR) is 38.6 cm³/mol. The van der Waals surface area contributed by atoms with Crippen LogP contribution < -0.4 is 0 Å². The summed E-state index contributed by atoms with van der Waals surface area (Å²) in [6, 6.07) is 0. The van der Waals surface area contributed by atoms with Crippen molar-refractivity contribution in [1.29, 1.82) is 0 Å². The highest BCUT2D eigenvalue weighted by Crippen LogP contribution is 1.97. The molecule has 0 saturated carbocycles. The Kier molecular flexibility index (Phi) is 4.67. The SMILES string of the molecule is CC/C=C(/Cl)C=NC. The van der Waals surface area contributed by atoms with Crippen LogP contribution in [0.3, 0.4) is 0 Å². The molecule has 0 saturated heterocycles. The average molecular weight is 132 g/mol. The van der Waals surface area contributed by atoms with Crippen molar-refractivity contribution in [2.24, 2.45) is 4.99 Å². The van der Waals surface area contributed by atoms with Gasteiger partial charge in [0.1, 0.15) is 0 Å². The van der Waals surface area contributed by atoms with Crippen LogP contribution in [0.1, 0.15) is 13.3 Å². The highest BCUT2D eigenvalue weighted by molar-refractivity contribution is 6.39. The monoisotopic (exact) mass is 131 g/mol. The zero-order valence-corrected chi connectivity index (χ0v) is 5.94. The van der Waals surface area contributed by atoms with Crippen LogP contribution in [-0.2, 0) is 0 Å². The molecular formula is C6H10ClN.